The first-order valence-electron chi connectivity index (χ1n) is 6.59. The van der Waals surface area contributed by atoms with Gasteiger partial charge >= 0.3 is 5.97 Å². The second-order valence-electron chi connectivity index (χ2n) is 5.00. The number of rotatable bonds is 6. The second-order valence-corrected chi connectivity index (χ2v) is 5.00. The van der Waals surface area contributed by atoms with Crippen LogP contribution < -0.4 is 5.32 Å². The third-order valence-corrected chi connectivity index (χ3v) is 3.17. The molecule has 1 atom stereocenters. The lowest BCUT2D eigenvalue weighted by Gasteiger charge is -2.16. The second kappa shape index (κ2) is 6.89. The molecule has 0 bridgehead atoms. The van der Waals surface area contributed by atoms with Crippen LogP contribution in [0.1, 0.15) is 39.9 Å². The van der Waals surface area contributed by atoms with Gasteiger partial charge in [-0.2, -0.15) is 0 Å². The van der Waals surface area contributed by atoms with Crippen LogP contribution in [-0.4, -0.2) is 23.0 Å². The Hall–Kier alpha value is -2.10. The number of hydrogen-bond donors (Lipinski definition) is 2. The van der Waals surface area contributed by atoms with Gasteiger partial charge in [0.25, 0.3) is 5.91 Å². The Bertz CT molecular complexity index is 512. The monoisotopic (exact) mass is 275 g/mol. The molecule has 1 rings (SSSR count). The van der Waals surface area contributed by atoms with E-state index in [2.05, 4.69) is 11.9 Å². The third-order valence-electron chi connectivity index (χ3n) is 3.17. The highest BCUT2D eigenvalue weighted by Gasteiger charge is 2.21. The first-order valence-corrected chi connectivity index (χ1v) is 6.59. The molecule has 4 nitrogen and oxygen atoms in total. The van der Waals surface area contributed by atoms with Crippen LogP contribution in [-0.2, 0) is 4.79 Å². The number of carboxylic acids is 1. The van der Waals surface area contributed by atoms with Crippen molar-refractivity contribution in [1.29, 1.82) is 0 Å². The Morgan fingerprint density at radius 3 is 2.30 bits per heavy atom. The minimum Gasteiger partial charge on any atom is -0.480 e. The minimum atomic E-state index is -1.03. The van der Waals surface area contributed by atoms with Crippen LogP contribution in [0, 0.1) is 20.8 Å². The van der Waals surface area contributed by atoms with E-state index >= 15 is 0 Å². The molecule has 20 heavy (non-hydrogen) atoms. The van der Waals surface area contributed by atoms with Gasteiger partial charge in [-0.05, 0) is 44.7 Å². The molecule has 0 aromatic heterocycles. The van der Waals surface area contributed by atoms with Crippen LogP contribution in [0.5, 0.6) is 0 Å². The van der Waals surface area contributed by atoms with Crippen molar-refractivity contribution < 1.29 is 14.7 Å². The van der Waals surface area contributed by atoms with Gasteiger partial charge in [0.1, 0.15) is 6.04 Å². The Morgan fingerprint density at radius 2 is 1.85 bits per heavy atom. The molecule has 0 spiro atoms. The fraction of sp³-hybridized carbons (Fsp3) is 0.375. The first-order chi connectivity index (χ1) is 9.36. The molecular weight excluding hydrogens is 254 g/mol. The number of amides is 1. The van der Waals surface area contributed by atoms with E-state index in [-0.39, 0.29) is 5.91 Å². The van der Waals surface area contributed by atoms with Crippen molar-refractivity contribution in [1.82, 2.24) is 5.32 Å². The largest absolute Gasteiger partial charge is 0.480 e. The molecule has 0 saturated heterocycles. The smallest absolute Gasteiger partial charge is 0.326 e. The predicted molar refractivity (Wildman–Crippen MR) is 79.0 cm³/mol. The summed E-state index contributed by atoms with van der Waals surface area (Å²) >= 11 is 0. The standard InChI is InChI=1S/C16H21NO3/c1-5-6-7-13(16(19)20)17-15(18)14-11(3)8-10(2)9-12(14)4/h5,8-9,13H,1,6-7H2,2-4H3,(H,17,18)(H,19,20). The lowest BCUT2D eigenvalue weighted by Crippen LogP contribution is -2.41. The lowest BCUT2D eigenvalue weighted by molar-refractivity contribution is -0.139. The maximum Gasteiger partial charge on any atom is 0.326 e. The zero-order valence-electron chi connectivity index (χ0n) is 12.2. The number of carbonyl (C=O) groups is 2. The van der Waals surface area contributed by atoms with Gasteiger partial charge in [-0.1, -0.05) is 23.8 Å². The number of allylic oxidation sites excluding steroid dienone is 1. The van der Waals surface area contributed by atoms with Crippen molar-refractivity contribution in [3.63, 3.8) is 0 Å². The number of carboxylic acid groups (broad SMARTS) is 1. The van der Waals surface area contributed by atoms with E-state index < -0.39 is 12.0 Å². The van der Waals surface area contributed by atoms with Crippen molar-refractivity contribution in [2.45, 2.75) is 39.7 Å². The lowest BCUT2D eigenvalue weighted by atomic mass is 9.98. The zero-order valence-corrected chi connectivity index (χ0v) is 12.2. The molecule has 0 aliphatic carbocycles. The van der Waals surface area contributed by atoms with Gasteiger partial charge in [-0.15, -0.1) is 6.58 Å². The van der Waals surface area contributed by atoms with E-state index in [0.29, 0.717) is 18.4 Å². The summed E-state index contributed by atoms with van der Waals surface area (Å²) in [5.41, 5.74) is 3.35. The van der Waals surface area contributed by atoms with Crippen LogP contribution in [0.15, 0.2) is 24.8 Å². The van der Waals surface area contributed by atoms with Crippen LogP contribution >= 0.6 is 0 Å². The third kappa shape index (κ3) is 3.95. The molecule has 108 valence electrons. The summed E-state index contributed by atoms with van der Waals surface area (Å²) in [4.78, 5) is 23.4. The predicted octanol–water partition coefficient (Wildman–Crippen LogP) is 2.76. The van der Waals surface area contributed by atoms with E-state index in [0.717, 1.165) is 16.7 Å². The molecule has 1 amide bonds. The Morgan fingerprint density at radius 1 is 1.30 bits per heavy atom. The molecule has 0 fully saturated rings. The number of benzene rings is 1. The van der Waals surface area contributed by atoms with Crippen molar-refractivity contribution in [3.05, 3.63) is 47.0 Å². The maximum absolute atomic E-state index is 12.3. The Labute approximate surface area is 119 Å². The number of aryl methyl sites for hydroxylation is 3. The maximum atomic E-state index is 12.3. The molecule has 4 heteroatoms. The number of hydrogen-bond acceptors (Lipinski definition) is 2. The highest BCUT2D eigenvalue weighted by atomic mass is 16.4. The summed E-state index contributed by atoms with van der Waals surface area (Å²) in [5.74, 6) is -1.36. The van der Waals surface area contributed by atoms with Gasteiger partial charge in [-0.3, -0.25) is 4.79 Å². The molecule has 1 aromatic rings. The van der Waals surface area contributed by atoms with E-state index in [4.69, 9.17) is 5.11 Å². The van der Waals surface area contributed by atoms with E-state index in [1.807, 2.05) is 32.9 Å². The summed E-state index contributed by atoms with van der Waals surface area (Å²) in [7, 11) is 0. The molecule has 0 aliphatic rings. The fourth-order valence-corrected chi connectivity index (χ4v) is 2.31. The molecule has 0 saturated carbocycles. The summed E-state index contributed by atoms with van der Waals surface area (Å²) in [6.07, 6.45) is 2.53. The summed E-state index contributed by atoms with van der Waals surface area (Å²) in [6.45, 7) is 9.24. The molecule has 2 N–H and O–H groups in total. The topological polar surface area (TPSA) is 66.4 Å². The number of carbonyl (C=O) groups excluding carboxylic acids is 1. The highest BCUT2D eigenvalue weighted by molar-refractivity contribution is 5.99. The van der Waals surface area contributed by atoms with Gasteiger partial charge in [0.05, 0.1) is 0 Å². The Balaban J connectivity index is 2.94. The van der Waals surface area contributed by atoms with Crippen LogP contribution in [0.25, 0.3) is 0 Å². The summed E-state index contributed by atoms with van der Waals surface area (Å²) < 4.78 is 0. The average molecular weight is 275 g/mol. The van der Waals surface area contributed by atoms with Gasteiger partial charge in [0.15, 0.2) is 0 Å². The summed E-state index contributed by atoms with van der Waals surface area (Å²) in [6, 6.07) is 2.95. The number of nitrogens with one attached hydrogen (secondary N) is 1. The van der Waals surface area contributed by atoms with Crippen molar-refractivity contribution in [3.8, 4) is 0 Å². The van der Waals surface area contributed by atoms with Crippen LogP contribution in [0.2, 0.25) is 0 Å². The fourth-order valence-electron chi connectivity index (χ4n) is 2.31. The van der Waals surface area contributed by atoms with E-state index in [1.54, 1.807) is 6.08 Å². The van der Waals surface area contributed by atoms with Gasteiger partial charge < -0.3 is 10.4 Å². The van der Waals surface area contributed by atoms with E-state index in [1.165, 1.54) is 0 Å². The highest BCUT2D eigenvalue weighted by Crippen LogP contribution is 2.16. The van der Waals surface area contributed by atoms with Crippen LogP contribution in [0.3, 0.4) is 0 Å². The zero-order chi connectivity index (χ0) is 15.3. The SMILES string of the molecule is C=CCCC(NC(=O)c1c(C)cc(C)cc1C)C(=O)O. The number of aliphatic carboxylic acids is 1. The molecule has 0 radical (unpaired) electrons. The molecule has 0 aliphatic heterocycles. The van der Waals surface area contributed by atoms with Gasteiger partial charge in [-0.25, -0.2) is 4.79 Å². The quantitative estimate of drug-likeness (QED) is 0.784. The van der Waals surface area contributed by atoms with Crippen LogP contribution in [0.4, 0.5) is 0 Å². The van der Waals surface area contributed by atoms with Crippen molar-refractivity contribution >= 4 is 11.9 Å². The van der Waals surface area contributed by atoms with E-state index in [9.17, 15) is 9.59 Å². The van der Waals surface area contributed by atoms with Gasteiger partial charge in [0, 0.05) is 5.56 Å². The minimum absolute atomic E-state index is 0.337. The summed E-state index contributed by atoms with van der Waals surface area (Å²) in [5, 5.41) is 11.7. The molecule has 0 heterocycles. The normalized spacial score (nSPS) is 11.8. The molecule has 1 aromatic carbocycles. The Kier molecular flexibility index (Phi) is 5.50. The van der Waals surface area contributed by atoms with Crippen molar-refractivity contribution in [2.75, 3.05) is 0 Å². The van der Waals surface area contributed by atoms with Crippen molar-refractivity contribution in [2.24, 2.45) is 0 Å². The molecular formula is C16H21NO3. The van der Waals surface area contributed by atoms with Gasteiger partial charge in [0.2, 0.25) is 0 Å². The average Bonchev–Trinajstić information content (AvgIpc) is 2.32. The molecule has 1 unspecified atom stereocenters. The first kappa shape index (κ1) is 16.0.